The zero-order valence-corrected chi connectivity index (χ0v) is 11.2. The maximum Gasteiger partial charge on any atom is 0.180 e. The van der Waals surface area contributed by atoms with Crippen molar-refractivity contribution in [3.05, 3.63) is 32.7 Å². The Bertz CT molecular complexity index is 356. The molecule has 0 saturated carbocycles. The molecule has 4 N–H and O–H groups in total. The first-order chi connectivity index (χ1) is 6.52. The second kappa shape index (κ2) is 5.06. The standard InChI is InChI=1S/C8H9Br2N3S/c9-6-3-1-2-5(7(6)10)4-13(12)8(11)14/h1-3H,4,12H2,(H2,11,14). The predicted molar refractivity (Wildman–Crippen MR) is 68.4 cm³/mol. The number of nitrogens with zero attached hydrogens (tertiary/aromatic N) is 1. The van der Waals surface area contributed by atoms with Crippen molar-refractivity contribution in [2.75, 3.05) is 0 Å². The number of thiocarbonyl (C=S) groups is 1. The Morgan fingerprint density at radius 3 is 2.64 bits per heavy atom. The molecule has 0 aliphatic heterocycles. The average Bonchev–Trinajstić information content (AvgIpc) is 2.12. The summed E-state index contributed by atoms with van der Waals surface area (Å²) >= 11 is 11.6. The minimum Gasteiger partial charge on any atom is -0.375 e. The van der Waals surface area contributed by atoms with E-state index in [-0.39, 0.29) is 5.11 Å². The summed E-state index contributed by atoms with van der Waals surface area (Å²) in [6.45, 7) is 0.482. The van der Waals surface area contributed by atoms with E-state index in [4.69, 9.17) is 23.8 Å². The molecule has 0 spiro atoms. The number of nitrogens with two attached hydrogens (primary N) is 2. The largest absolute Gasteiger partial charge is 0.375 e. The first kappa shape index (κ1) is 11.9. The zero-order valence-electron chi connectivity index (χ0n) is 7.21. The van der Waals surface area contributed by atoms with Crippen LogP contribution in [-0.2, 0) is 6.54 Å². The molecule has 0 unspecified atom stereocenters. The molecule has 0 amide bonds. The third-order valence-electron chi connectivity index (χ3n) is 1.66. The van der Waals surface area contributed by atoms with Gasteiger partial charge in [0.2, 0.25) is 0 Å². The van der Waals surface area contributed by atoms with Crippen LogP contribution in [0.4, 0.5) is 0 Å². The van der Waals surface area contributed by atoms with Gasteiger partial charge in [-0.2, -0.15) is 0 Å². The fourth-order valence-electron chi connectivity index (χ4n) is 0.932. The molecule has 0 atom stereocenters. The number of hydrogen-bond donors (Lipinski definition) is 2. The van der Waals surface area contributed by atoms with Crippen molar-refractivity contribution in [1.29, 1.82) is 0 Å². The van der Waals surface area contributed by atoms with Gasteiger partial charge in [0.05, 0.1) is 6.54 Å². The minimum atomic E-state index is 0.178. The zero-order chi connectivity index (χ0) is 10.7. The molecule has 14 heavy (non-hydrogen) atoms. The smallest absolute Gasteiger partial charge is 0.180 e. The molecule has 6 heteroatoms. The normalized spacial score (nSPS) is 9.93. The molecule has 0 heterocycles. The van der Waals surface area contributed by atoms with Crippen molar-refractivity contribution in [2.24, 2.45) is 11.6 Å². The molecule has 0 aliphatic carbocycles. The molecule has 0 bridgehead atoms. The van der Waals surface area contributed by atoms with Crippen LogP contribution in [0.1, 0.15) is 5.56 Å². The molecule has 0 saturated heterocycles. The van der Waals surface area contributed by atoms with E-state index in [1.165, 1.54) is 5.01 Å². The quantitative estimate of drug-likeness (QED) is 0.493. The third kappa shape index (κ3) is 2.91. The maximum absolute atomic E-state index is 5.60. The van der Waals surface area contributed by atoms with Crippen molar-refractivity contribution in [1.82, 2.24) is 5.01 Å². The monoisotopic (exact) mass is 337 g/mol. The lowest BCUT2D eigenvalue weighted by atomic mass is 10.2. The lowest BCUT2D eigenvalue weighted by molar-refractivity contribution is 0.436. The van der Waals surface area contributed by atoms with Gasteiger partial charge in [0.15, 0.2) is 5.11 Å². The highest BCUT2D eigenvalue weighted by Gasteiger charge is 2.07. The van der Waals surface area contributed by atoms with E-state index in [0.29, 0.717) is 6.54 Å². The summed E-state index contributed by atoms with van der Waals surface area (Å²) < 4.78 is 1.94. The second-order valence-electron chi connectivity index (χ2n) is 2.68. The van der Waals surface area contributed by atoms with Gasteiger partial charge in [-0.05, 0) is 55.7 Å². The average molecular weight is 339 g/mol. The van der Waals surface area contributed by atoms with E-state index < -0.39 is 0 Å². The molecule has 0 radical (unpaired) electrons. The number of hydrazine groups is 1. The van der Waals surface area contributed by atoms with Crippen LogP contribution in [0.5, 0.6) is 0 Å². The fourth-order valence-corrected chi connectivity index (χ4v) is 1.79. The molecular formula is C8H9Br2N3S. The van der Waals surface area contributed by atoms with Gasteiger partial charge in [-0.15, -0.1) is 0 Å². The van der Waals surface area contributed by atoms with Crippen molar-refractivity contribution >= 4 is 49.2 Å². The molecule has 1 aromatic rings. The van der Waals surface area contributed by atoms with Crippen LogP contribution in [0, 0.1) is 0 Å². The van der Waals surface area contributed by atoms with Gasteiger partial charge in [0, 0.05) is 8.95 Å². The SMILES string of the molecule is NC(=S)N(N)Cc1cccc(Br)c1Br. The van der Waals surface area contributed by atoms with Crippen LogP contribution >= 0.6 is 44.1 Å². The highest BCUT2D eigenvalue weighted by molar-refractivity contribution is 9.13. The second-order valence-corrected chi connectivity index (χ2v) is 4.74. The van der Waals surface area contributed by atoms with Crippen molar-refractivity contribution in [3.8, 4) is 0 Å². The van der Waals surface area contributed by atoms with E-state index >= 15 is 0 Å². The number of halogens is 2. The van der Waals surface area contributed by atoms with Crippen LogP contribution in [0.15, 0.2) is 27.1 Å². The van der Waals surface area contributed by atoms with Crippen molar-refractivity contribution in [3.63, 3.8) is 0 Å². The van der Waals surface area contributed by atoms with Crippen molar-refractivity contribution < 1.29 is 0 Å². The Labute approximate surface area is 105 Å². The molecule has 0 fully saturated rings. The van der Waals surface area contributed by atoms with Gasteiger partial charge in [0.1, 0.15) is 0 Å². The first-order valence-electron chi connectivity index (χ1n) is 3.77. The summed E-state index contributed by atoms with van der Waals surface area (Å²) in [7, 11) is 0. The van der Waals surface area contributed by atoms with E-state index in [9.17, 15) is 0 Å². The van der Waals surface area contributed by atoms with Crippen LogP contribution in [0.3, 0.4) is 0 Å². The first-order valence-corrected chi connectivity index (χ1v) is 5.76. The third-order valence-corrected chi connectivity index (χ3v) is 4.02. The van der Waals surface area contributed by atoms with E-state index in [2.05, 4.69) is 31.9 Å². The van der Waals surface area contributed by atoms with Gasteiger partial charge in [0.25, 0.3) is 0 Å². The lowest BCUT2D eigenvalue weighted by Gasteiger charge is -2.17. The van der Waals surface area contributed by atoms with Gasteiger partial charge >= 0.3 is 0 Å². The van der Waals surface area contributed by atoms with Gasteiger partial charge in [-0.25, -0.2) is 5.84 Å². The molecular weight excluding hydrogens is 330 g/mol. The van der Waals surface area contributed by atoms with Crippen LogP contribution < -0.4 is 11.6 Å². The Kier molecular flexibility index (Phi) is 4.31. The molecule has 1 rings (SSSR count). The predicted octanol–water partition coefficient (Wildman–Crippen LogP) is 2.13. The fraction of sp³-hybridized carbons (Fsp3) is 0.125. The lowest BCUT2D eigenvalue weighted by Crippen LogP contribution is -2.40. The Balaban J connectivity index is 2.87. The summed E-state index contributed by atoms with van der Waals surface area (Å²) in [4.78, 5) is 0. The highest BCUT2D eigenvalue weighted by Crippen LogP contribution is 2.26. The summed E-state index contributed by atoms with van der Waals surface area (Å²) in [5, 5.41) is 1.50. The molecule has 1 aromatic carbocycles. The van der Waals surface area contributed by atoms with E-state index in [0.717, 1.165) is 14.5 Å². The number of benzene rings is 1. The van der Waals surface area contributed by atoms with Crippen LogP contribution in [-0.4, -0.2) is 10.1 Å². The highest BCUT2D eigenvalue weighted by atomic mass is 79.9. The van der Waals surface area contributed by atoms with Crippen molar-refractivity contribution in [2.45, 2.75) is 6.54 Å². The topological polar surface area (TPSA) is 55.3 Å². The Morgan fingerprint density at radius 2 is 2.07 bits per heavy atom. The van der Waals surface area contributed by atoms with Gasteiger partial charge in [-0.1, -0.05) is 12.1 Å². The van der Waals surface area contributed by atoms with Crippen LogP contribution in [0.2, 0.25) is 0 Å². The van der Waals surface area contributed by atoms with E-state index in [1.807, 2.05) is 18.2 Å². The Morgan fingerprint density at radius 1 is 1.43 bits per heavy atom. The maximum atomic E-state index is 5.60. The minimum absolute atomic E-state index is 0.178. The van der Waals surface area contributed by atoms with Gasteiger partial charge in [-0.3, -0.25) is 5.01 Å². The number of hydrogen-bond acceptors (Lipinski definition) is 2. The number of rotatable bonds is 2. The summed E-state index contributed by atoms with van der Waals surface area (Å²) in [6.07, 6.45) is 0. The summed E-state index contributed by atoms with van der Waals surface area (Å²) in [5.74, 6) is 5.60. The summed E-state index contributed by atoms with van der Waals surface area (Å²) in [5.41, 5.74) is 6.40. The molecule has 0 aliphatic rings. The summed E-state index contributed by atoms with van der Waals surface area (Å²) in [6, 6.07) is 5.82. The molecule has 76 valence electrons. The van der Waals surface area contributed by atoms with E-state index in [1.54, 1.807) is 0 Å². The molecule has 0 aromatic heterocycles. The van der Waals surface area contributed by atoms with Crippen LogP contribution in [0.25, 0.3) is 0 Å². The Hall–Kier alpha value is -0.170. The van der Waals surface area contributed by atoms with Gasteiger partial charge < -0.3 is 5.73 Å². The molecule has 3 nitrogen and oxygen atoms in total.